The summed E-state index contributed by atoms with van der Waals surface area (Å²) in [6.45, 7) is 58.0. The fourth-order valence-corrected chi connectivity index (χ4v) is 7.57. The van der Waals surface area contributed by atoms with Gasteiger partial charge in [-0.15, -0.1) is 6.58 Å². The van der Waals surface area contributed by atoms with Crippen LogP contribution < -0.4 is 0 Å². The van der Waals surface area contributed by atoms with Crippen LogP contribution in [0.3, 0.4) is 0 Å². The first-order valence-corrected chi connectivity index (χ1v) is 43.3. The smallest absolute Gasteiger partial charge is 0.333 e. The maximum Gasteiger partial charge on any atom is 0.333 e. The average molecular weight is 1720 g/mol. The fourth-order valence-electron chi connectivity index (χ4n) is 7.57. The number of carboxylic acid groups (broad SMARTS) is 1. The summed E-state index contributed by atoms with van der Waals surface area (Å²) in [7, 11) is 0. The predicted octanol–water partition coefficient (Wildman–Crippen LogP) is 16.3. The highest BCUT2D eigenvalue weighted by molar-refractivity contribution is 5.87. The van der Waals surface area contributed by atoms with Gasteiger partial charge in [-0.2, -0.15) is 0 Å². The van der Waals surface area contributed by atoms with Crippen LogP contribution in [0.2, 0.25) is 0 Å². The van der Waals surface area contributed by atoms with Crippen LogP contribution in [0.5, 0.6) is 0 Å². The van der Waals surface area contributed by atoms with Gasteiger partial charge in [-0.3, -0.25) is 47.9 Å². The van der Waals surface area contributed by atoms with E-state index in [1.165, 1.54) is 32.6 Å². The van der Waals surface area contributed by atoms with Crippen LogP contribution in [0.15, 0.2) is 50.1 Å². The van der Waals surface area contributed by atoms with Crippen LogP contribution in [-0.4, -0.2) is 197 Å². The number of epoxide rings is 1. The maximum absolute atomic E-state index is 11.8. The zero-order valence-corrected chi connectivity index (χ0v) is 77.7. The van der Waals surface area contributed by atoms with E-state index in [4.69, 9.17) is 57.2 Å². The molecule has 700 valence electrons. The lowest BCUT2D eigenvalue weighted by atomic mass is 9.91. The van der Waals surface area contributed by atoms with E-state index in [0.29, 0.717) is 83.4 Å². The topological polar surface area (TPSA) is 406 Å². The second kappa shape index (κ2) is 83.2. The van der Waals surface area contributed by atoms with E-state index in [1.807, 2.05) is 90.0 Å². The molecule has 12 atom stereocenters. The SMILES string of the molecule is C=C(C)C(=O)OCC(O)COC(=O)C(C)CC.C=CC(=O)OCC(O)COC(=O)C(C)CC.C=CC(=O)OCCOC(=O)C(C)CC.C=CCCOC(=O)C(C)CC.CCC(C)(C)C(=O)OCC1CO1.CCC(C)C(=O)O.CCCCC(CC)COC(=O)C(C)CC.CCCCC(CC)COC(=O)CCCCOC(=O)CCCOC(=O)C(C)CC. The molecular formula is C91H162O29. The third kappa shape index (κ3) is 79.7. The Morgan fingerprint density at radius 3 is 1.11 bits per heavy atom. The molecule has 0 spiro atoms. The Balaban J connectivity index is -0.000000250. The van der Waals surface area contributed by atoms with Gasteiger partial charge < -0.3 is 76.9 Å². The minimum absolute atomic E-state index is 0.0276. The first-order valence-electron chi connectivity index (χ1n) is 43.3. The van der Waals surface area contributed by atoms with E-state index in [1.54, 1.807) is 33.8 Å². The molecule has 3 N–H and O–H groups in total. The molecule has 0 radical (unpaired) electrons. The maximum atomic E-state index is 11.8. The summed E-state index contributed by atoms with van der Waals surface area (Å²) in [4.78, 5) is 144. The summed E-state index contributed by atoms with van der Waals surface area (Å²) < 4.78 is 64.2. The summed E-state index contributed by atoms with van der Waals surface area (Å²) in [5.41, 5.74) is -0.0941. The van der Waals surface area contributed by atoms with E-state index in [2.05, 4.69) is 63.5 Å². The number of esters is 12. The molecule has 0 saturated carbocycles. The highest BCUT2D eigenvalue weighted by atomic mass is 16.6. The van der Waals surface area contributed by atoms with Crippen molar-refractivity contribution in [3.05, 3.63) is 50.1 Å². The number of hydrogen-bond donors (Lipinski definition) is 3. The fraction of sp³-hybridized carbons (Fsp3) is 0.769. The normalized spacial score (nSPS) is 14.1. The van der Waals surface area contributed by atoms with Crippen LogP contribution >= 0.6 is 0 Å². The standard InChI is InChI=1S/C22H40O6.C13H26O2.C12H20O5.C11H18O5.C10H16O4.C9H16O3.C9H16O2.C5H10O2/c1-5-8-12-19(7-3)17-28-21(24)13-9-10-15-26-20(23)14-11-16-27-22(25)18(4)6-2;1-5-8-9-12(7-3)10-15-13(14)11(4)6-2;1-5-9(4)12(15)17-7-10(13)6-16-11(14)8(2)3;1-4-8(3)11(14)16-7-9(12)6-15-10(13)5-2;1-4-8(3)10(12)14-7-6-13-9(11)5-2;1-4-9(2,3)8(10)12-6-7-5-11-7;1-4-6-7-11-9(10)8(3)5-2;1-3-4(2)5(6)7/h18-19H,5-17H2,1-4H3;11-12H,5-10H2,1-4H3;9-10,13H,2,5-7H2,1,3-4H3;5,8-9,12H,2,4,6-7H2,1,3H3;5,8H,2,4,6-7H2,1,3H3;7H,4-6H2,1-3H3;4,8H,1,5-7H2,2-3H3;4H,3H2,1-2H3,(H,6,7). The van der Waals surface area contributed by atoms with Crippen LogP contribution in [0, 0.1) is 58.7 Å². The van der Waals surface area contributed by atoms with Crippen molar-refractivity contribution in [1.29, 1.82) is 0 Å². The first kappa shape index (κ1) is 125. The molecule has 1 rings (SSSR count). The highest BCUT2D eigenvalue weighted by Crippen LogP contribution is 2.23. The minimum Gasteiger partial charge on any atom is -0.481 e. The Morgan fingerprint density at radius 1 is 0.408 bits per heavy atom. The van der Waals surface area contributed by atoms with Crippen molar-refractivity contribution in [3.8, 4) is 0 Å². The van der Waals surface area contributed by atoms with Gasteiger partial charge in [-0.1, -0.05) is 196 Å². The number of carbonyl (C=O) groups excluding carboxylic acids is 12. The molecule has 0 aromatic heterocycles. The van der Waals surface area contributed by atoms with Gasteiger partial charge >= 0.3 is 77.6 Å². The van der Waals surface area contributed by atoms with Gasteiger partial charge in [0.2, 0.25) is 0 Å². The number of unbranched alkanes of at least 4 members (excludes halogenated alkanes) is 3. The summed E-state index contributed by atoms with van der Waals surface area (Å²) in [6, 6.07) is 0. The van der Waals surface area contributed by atoms with Gasteiger partial charge in [0.25, 0.3) is 0 Å². The minimum atomic E-state index is -1.01. The number of aliphatic carboxylic acids is 1. The molecule has 120 heavy (non-hydrogen) atoms. The number of aliphatic hydroxyl groups is 2. The highest BCUT2D eigenvalue weighted by Gasteiger charge is 2.31. The number of aliphatic hydroxyl groups excluding tert-OH is 2. The monoisotopic (exact) mass is 1720 g/mol. The zero-order valence-electron chi connectivity index (χ0n) is 77.7. The molecule has 1 saturated heterocycles. The Morgan fingerprint density at radius 2 is 0.750 bits per heavy atom. The van der Waals surface area contributed by atoms with E-state index in [-0.39, 0.29) is 165 Å². The summed E-state index contributed by atoms with van der Waals surface area (Å²) in [6.07, 6.45) is 20.3. The first-order chi connectivity index (χ1) is 56.5. The third-order valence-electron chi connectivity index (χ3n) is 18.7. The zero-order chi connectivity index (χ0) is 93.6. The molecule has 0 bridgehead atoms. The Labute approximate surface area is 720 Å². The van der Waals surface area contributed by atoms with Crippen molar-refractivity contribution in [2.45, 2.75) is 312 Å². The van der Waals surface area contributed by atoms with E-state index in [9.17, 15) is 72.5 Å². The molecule has 0 amide bonds. The van der Waals surface area contributed by atoms with E-state index >= 15 is 0 Å². The molecule has 29 nitrogen and oxygen atoms in total. The van der Waals surface area contributed by atoms with E-state index in [0.717, 1.165) is 89.4 Å². The molecule has 1 aliphatic heterocycles. The van der Waals surface area contributed by atoms with Gasteiger partial charge in [0.1, 0.15) is 64.6 Å². The lowest BCUT2D eigenvalue weighted by Gasteiger charge is -2.19. The molecule has 0 aromatic rings. The second-order valence-corrected chi connectivity index (χ2v) is 30.0. The van der Waals surface area contributed by atoms with Crippen molar-refractivity contribution in [2.75, 3.05) is 85.9 Å². The molecule has 29 heteroatoms. The number of hydrogen-bond acceptors (Lipinski definition) is 28. The van der Waals surface area contributed by atoms with Crippen LogP contribution in [-0.2, 0) is 124 Å². The van der Waals surface area contributed by atoms with Gasteiger partial charge in [0.15, 0.2) is 0 Å². The molecule has 0 aromatic carbocycles. The Hall–Kier alpha value is -8.05. The lowest BCUT2D eigenvalue weighted by Crippen LogP contribution is -2.27. The lowest BCUT2D eigenvalue weighted by molar-refractivity contribution is -0.155. The molecule has 0 aliphatic carbocycles. The summed E-state index contributed by atoms with van der Waals surface area (Å²) in [5, 5.41) is 26.9. The molecular weight excluding hydrogens is 1560 g/mol. The number of carboxylic acids is 1. The van der Waals surface area contributed by atoms with Crippen molar-refractivity contribution < 1.29 is 139 Å². The van der Waals surface area contributed by atoms with Gasteiger partial charge in [0, 0.05) is 30.6 Å². The third-order valence-corrected chi connectivity index (χ3v) is 18.7. The summed E-state index contributed by atoms with van der Waals surface area (Å²) in [5.74, 6) is -4.06. The number of ether oxygens (including phenoxy) is 13. The second-order valence-electron chi connectivity index (χ2n) is 30.0. The molecule has 1 fully saturated rings. The predicted molar refractivity (Wildman–Crippen MR) is 461 cm³/mol. The van der Waals surface area contributed by atoms with Crippen LogP contribution in [0.1, 0.15) is 294 Å². The van der Waals surface area contributed by atoms with Crippen molar-refractivity contribution >= 4 is 77.6 Å². The van der Waals surface area contributed by atoms with Crippen molar-refractivity contribution in [3.63, 3.8) is 0 Å². The number of carbonyl (C=O) groups is 13. The molecule has 1 aliphatic rings. The van der Waals surface area contributed by atoms with Gasteiger partial charge in [-0.25, -0.2) is 14.4 Å². The Bertz CT molecular complexity index is 2780. The van der Waals surface area contributed by atoms with Gasteiger partial charge in [-0.05, 0) is 122 Å². The summed E-state index contributed by atoms with van der Waals surface area (Å²) >= 11 is 0. The molecule has 12 unspecified atom stereocenters. The quantitative estimate of drug-likeness (QED) is 0.0127. The van der Waals surface area contributed by atoms with E-state index < -0.39 is 36.1 Å². The average Bonchev–Trinajstić information content (AvgIpc) is 1.83. The molecule has 1 heterocycles. The van der Waals surface area contributed by atoms with Crippen molar-refractivity contribution in [2.24, 2.45) is 58.7 Å². The number of rotatable bonds is 56. The van der Waals surface area contributed by atoms with Crippen molar-refractivity contribution in [1.82, 2.24) is 0 Å². The Kier molecular flexibility index (Phi) is 86.8. The van der Waals surface area contributed by atoms with Crippen LogP contribution in [0.25, 0.3) is 0 Å². The van der Waals surface area contributed by atoms with Crippen LogP contribution in [0.4, 0.5) is 0 Å². The largest absolute Gasteiger partial charge is 0.481 e. The van der Waals surface area contributed by atoms with Gasteiger partial charge in [0.05, 0.1) is 86.5 Å².